The van der Waals surface area contributed by atoms with Gasteiger partial charge in [0.25, 0.3) is 11.6 Å². The minimum absolute atomic E-state index is 0.00135. The van der Waals surface area contributed by atoms with E-state index in [0.717, 1.165) is 5.69 Å². The Kier molecular flexibility index (Phi) is 5.39. The lowest BCUT2D eigenvalue weighted by atomic mass is 10.2. The van der Waals surface area contributed by atoms with E-state index >= 15 is 0 Å². The van der Waals surface area contributed by atoms with Crippen LogP contribution in [-0.2, 0) is 11.3 Å². The summed E-state index contributed by atoms with van der Waals surface area (Å²) >= 11 is 0. The lowest BCUT2D eigenvalue weighted by molar-refractivity contribution is -0.384. The van der Waals surface area contributed by atoms with E-state index in [4.69, 9.17) is 13.9 Å². The van der Waals surface area contributed by atoms with Gasteiger partial charge < -0.3 is 13.9 Å². The summed E-state index contributed by atoms with van der Waals surface area (Å²) in [6.45, 7) is -0.278. The van der Waals surface area contributed by atoms with Gasteiger partial charge in [-0.1, -0.05) is 18.2 Å². The highest BCUT2D eigenvalue weighted by molar-refractivity contribution is 5.90. The number of para-hydroxylation sites is 1. The van der Waals surface area contributed by atoms with Crippen molar-refractivity contribution < 1.29 is 23.6 Å². The van der Waals surface area contributed by atoms with Gasteiger partial charge in [-0.3, -0.25) is 10.1 Å². The predicted octanol–water partition coefficient (Wildman–Crippen LogP) is 3.20. The number of non-ortho nitro benzene ring substituents is 1. The number of aromatic nitrogens is 4. The molecule has 11 heteroatoms. The molecule has 0 N–H and O–H groups in total. The number of ether oxygens (including phenoxy) is 2. The molecule has 31 heavy (non-hydrogen) atoms. The van der Waals surface area contributed by atoms with Gasteiger partial charge in [-0.25, -0.2) is 9.48 Å². The molecule has 156 valence electrons. The van der Waals surface area contributed by atoms with Crippen LogP contribution >= 0.6 is 0 Å². The summed E-state index contributed by atoms with van der Waals surface area (Å²) in [5.41, 5.74) is 1.20. The second kappa shape index (κ2) is 8.45. The molecule has 4 rings (SSSR count). The van der Waals surface area contributed by atoms with Crippen molar-refractivity contribution in [2.24, 2.45) is 0 Å². The maximum absolute atomic E-state index is 12.5. The third-order valence-corrected chi connectivity index (χ3v) is 4.23. The fraction of sp³-hybridized carbons (Fsp3) is 0.100. The van der Waals surface area contributed by atoms with Crippen molar-refractivity contribution in [2.45, 2.75) is 6.61 Å². The van der Waals surface area contributed by atoms with Gasteiger partial charge in [-0.2, -0.15) is 5.10 Å². The molecule has 0 bridgehead atoms. The van der Waals surface area contributed by atoms with Crippen molar-refractivity contribution in [1.82, 2.24) is 20.0 Å². The molecule has 0 radical (unpaired) electrons. The quantitative estimate of drug-likeness (QED) is 0.250. The number of nitrogens with zero attached hydrogens (tertiary/aromatic N) is 5. The van der Waals surface area contributed by atoms with E-state index in [-0.39, 0.29) is 35.5 Å². The molecule has 0 atom stereocenters. The Morgan fingerprint density at radius 1 is 1.13 bits per heavy atom. The molecule has 0 aliphatic carbocycles. The summed E-state index contributed by atoms with van der Waals surface area (Å²) < 4.78 is 17.4. The van der Waals surface area contributed by atoms with Crippen molar-refractivity contribution in [3.8, 4) is 22.9 Å². The van der Waals surface area contributed by atoms with Crippen LogP contribution in [0, 0.1) is 10.1 Å². The number of nitro groups is 1. The average Bonchev–Trinajstić information content (AvgIpc) is 3.45. The lowest BCUT2D eigenvalue weighted by Gasteiger charge is -2.01. The Morgan fingerprint density at radius 3 is 2.55 bits per heavy atom. The summed E-state index contributed by atoms with van der Waals surface area (Å²) in [4.78, 5) is 22.7. The fourth-order valence-corrected chi connectivity index (χ4v) is 2.71. The molecule has 0 aliphatic heterocycles. The van der Waals surface area contributed by atoms with Crippen molar-refractivity contribution in [3.63, 3.8) is 0 Å². The van der Waals surface area contributed by atoms with Crippen LogP contribution in [0.4, 0.5) is 5.69 Å². The van der Waals surface area contributed by atoms with E-state index < -0.39 is 10.9 Å². The Balaban J connectivity index is 1.45. The zero-order valence-corrected chi connectivity index (χ0v) is 16.2. The van der Waals surface area contributed by atoms with Crippen LogP contribution in [0.1, 0.15) is 16.4 Å². The first-order valence-electron chi connectivity index (χ1n) is 8.98. The van der Waals surface area contributed by atoms with Gasteiger partial charge in [0.1, 0.15) is 0 Å². The number of nitro benzene ring substituents is 1. The largest absolute Gasteiger partial charge is 0.493 e. The smallest absolute Gasteiger partial charge is 0.363 e. The minimum atomic E-state index is -0.721. The van der Waals surface area contributed by atoms with Gasteiger partial charge in [0, 0.05) is 17.7 Å². The number of hydrogen-bond donors (Lipinski definition) is 0. The maximum atomic E-state index is 12.5. The molecule has 0 amide bonds. The minimum Gasteiger partial charge on any atom is -0.493 e. The Hall–Kier alpha value is -4.54. The zero-order valence-electron chi connectivity index (χ0n) is 16.2. The molecule has 0 unspecified atom stereocenters. The Morgan fingerprint density at radius 2 is 1.87 bits per heavy atom. The number of esters is 1. The molecule has 0 spiro atoms. The van der Waals surface area contributed by atoms with Crippen molar-refractivity contribution in [3.05, 3.63) is 82.5 Å². The number of hydrogen-bond acceptors (Lipinski definition) is 9. The molecule has 0 saturated carbocycles. The van der Waals surface area contributed by atoms with Crippen LogP contribution in [0.5, 0.6) is 5.75 Å². The first-order valence-corrected chi connectivity index (χ1v) is 8.98. The highest BCUT2D eigenvalue weighted by Crippen LogP contribution is 2.23. The number of carbonyl (C=O) groups is 1. The monoisotopic (exact) mass is 421 g/mol. The second-order valence-corrected chi connectivity index (χ2v) is 6.21. The molecule has 0 fully saturated rings. The summed E-state index contributed by atoms with van der Waals surface area (Å²) in [5, 5.41) is 22.7. The molecule has 4 aromatic rings. The van der Waals surface area contributed by atoms with E-state index in [0.29, 0.717) is 5.56 Å². The van der Waals surface area contributed by atoms with Crippen molar-refractivity contribution in [1.29, 1.82) is 0 Å². The van der Waals surface area contributed by atoms with E-state index in [2.05, 4.69) is 15.3 Å². The van der Waals surface area contributed by atoms with E-state index in [9.17, 15) is 14.9 Å². The second-order valence-electron chi connectivity index (χ2n) is 6.21. The van der Waals surface area contributed by atoms with Crippen LogP contribution < -0.4 is 4.74 Å². The molecule has 0 aliphatic rings. The predicted molar refractivity (Wildman–Crippen MR) is 106 cm³/mol. The normalized spacial score (nSPS) is 10.6. The maximum Gasteiger partial charge on any atom is 0.363 e. The third kappa shape index (κ3) is 4.24. The third-order valence-electron chi connectivity index (χ3n) is 4.23. The first kappa shape index (κ1) is 19.8. The van der Waals surface area contributed by atoms with E-state index in [1.807, 2.05) is 30.3 Å². The number of methoxy groups -OCH3 is 1. The zero-order chi connectivity index (χ0) is 21.8. The summed E-state index contributed by atoms with van der Waals surface area (Å²) in [5.74, 6) is -0.261. The van der Waals surface area contributed by atoms with Crippen molar-refractivity contribution >= 4 is 11.7 Å². The fourth-order valence-electron chi connectivity index (χ4n) is 2.71. The summed E-state index contributed by atoms with van der Waals surface area (Å²) in [6, 6.07) is 14.9. The number of carbonyl (C=O) groups excluding carboxylic acids is 1. The van der Waals surface area contributed by atoms with Crippen LogP contribution in [0.2, 0.25) is 0 Å². The number of benzene rings is 2. The molecular formula is C20H15N5O6. The molecule has 2 heterocycles. The highest BCUT2D eigenvalue weighted by atomic mass is 16.6. The lowest BCUT2D eigenvalue weighted by Crippen LogP contribution is -2.08. The number of rotatable bonds is 7. The van der Waals surface area contributed by atoms with Crippen LogP contribution in [-0.4, -0.2) is 38.0 Å². The van der Waals surface area contributed by atoms with Gasteiger partial charge in [0.05, 0.1) is 23.9 Å². The first-order chi connectivity index (χ1) is 15.0. The highest BCUT2D eigenvalue weighted by Gasteiger charge is 2.21. The molecule has 2 aromatic heterocycles. The average molecular weight is 421 g/mol. The van der Waals surface area contributed by atoms with Gasteiger partial charge >= 0.3 is 5.97 Å². The van der Waals surface area contributed by atoms with Gasteiger partial charge in [-0.15, -0.1) is 10.2 Å². The molecule has 2 aromatic carbocycles. The van der Waals surface area contributed by atoms with Crippen LogP contribution in [0.3, 0.4) is 0 Å². The Labute approximate surface area is 175 Å². The topological polar surface area (TPSA) is 135 Å². The molecule has 0 saturated heterocycles. The summed E-state index contributed by atoms with van der Waals surface area (Å²) in [6.07, 6.45) is 1.57. The summed E-state index contributed by atoms with van der Waals surface area (Å²) in [7, 11) is 1.43. The molecule has 11 nitrogen and oxygen atoms in total. The van der Waals surface area contributed by atoms with Crippen LogP contribution in [0.25, 0.3) is 17.1 Å². The van der Waals surface area contributed by atoms with Gasteiger partial charge in [-0.05, 0) is 24.3 Å². The molecular weight excluding hydrogens is 406 g/mol. The standard InChI is InChI=1S/C20H15N5O6/c1-29-16-11-24(14-5-3-2-4-6-14)23-18(16)20(26)30-12-17-21-22-19(31-17)13-7-9-15(10-8-13)25(27)28/h2-11H,12H2,1H3. The Bertz CT molecular complexity index is 1220. The van der Waals surface area contributed by atoms with Gasteiger partial charge in [0.2, 0.25) is 11.6 Å². The van der Waals surface area contributed by atoms with E-state index in [1.54, 1.807) is 6.20 Å². The van der Waals surface area contributed by atoms with Crippen LogP contribution in [0.15, 0.2) is 65.2 Å². The van der Waals surface area contributed by atoms with Gasteiger partial charge in [0.15, 0.2) is 12.4 Å². The van der Waals surface area contributed by atoms with E-state index in [1.165, 1.54) is 36.1 Å². The van der Waals surface area contributed by atoms with Crippen molar-refractivity contribution in [2.75, 3.05) is 7.11 Å². The SMILES string of the molecule is COc1cn(-c2ccccc2)nc1C(=O)OCc1nnc(-c2ccc([N+](=O)[O-])cc2)o1.